The first-order valence-electron chi connectivity index (χ1n) is 6.88. The smallest absolute Gasteiger partial charge is 0.241 e. The van der Waals surface area contributed by atoms with Crippen LogP contribution in [0.1, 0.15) is 39.5 Å². The lowest BCUT2D eigenvalue weighted by Crippen LogP contribution is -2.46. The Bertz CT molecular complexity index is 330. The third-order valence-corrected chi connectivity index (χ3v) is 4.58. The first kappa shape index (κ1) is 13.7. The van der Waals surface area contributed by atoms with Crippen LogP contribution in [0.4, 0.5) is 0 Å². The molecule has 2 N–H and O–H groups in total. The highest BCUT2D eigenvalue weighted by Crippen LogP contribution is 2.31. The molecule has 2 aliphatic rings. The van der Waals surface area contributed by atoms with E-state index in [1.165, 1.54) is 25.7 Å². The lowest BCUT2D eigenvalue weighted by Gasteiger charge is -2.36. The van der Waals surface area contributed by atoms with E-state index >= 15 is 0 Å². The summed E-state index contributed by atoms with van der Waals surface area (Å²) in [6, 6.07) is 0.777. The number of rotatable bonds is 3. The molecule has 1 saturated carbocycles. The lowest BCUT2D eigenvalue weighted by atomic mass is 9.86. The van der Waals surface area contributed by atoms with Gasteiger partial charge < -0.3 is 10.6 Å². The van der Waals surface area contributed by atoms with E-state index in [1.54, 1.807) is 11.8 Å². The minimum absolute atomic E-state index is 0.00525. The van der Waals surface area contributed by atoms with Gasteiger partial charge in [-0.25, -0.2) is 0 Å². The topological polar surface area (TPSA) is 53.5 Å². The summed E-state index contributed by atoms with van der Waals surface area (Å²) in [4.78, 5) is 15.9. The fourth-order valence-electron chi connectivity index (χ4n) is 2.59. The quantitative estimate of drug-likeness (QED) is 0.821. The Balaban J connectivity index is 1.81. The number of hydrogen-bond donors (Lipinski definition) is 2. The third-order valence-electron chi connectivity index (χ3n) is 3.47. The number of amides is 1. The average molecular weight is 269 g/mol. The zero-order chi connectivity index (χ0) is 13.0. The second-order valence-electron chi connectivity index (χ2n) is 5.45. The van der Waals surface area contributed by atoms with Crippen molar-refractivity contribution >= 4 is 22.8 Å². The van der Waals surface area contributed by atoms with Crippen molar-refractivity contribution in [2.24, 2.45) is 10.9 Å². The van der Waals surface area contributed by atoms with Crippen LogP contribution in [0, 0.1) is 5.92 Å². The zero-order valence-corrected chi connectivity index (χ0v) is 12.1. The Morgan fingerprint density at radius 1 is 1.50 bits per heavy atom. The van der Waals surface area contributed by atoms with Crippen LogP contribution in [0.2, 0.25) is 0 Å². The first-order chi connectivity index (χ1) is 8.65. The molecule has 5 heteroatoms. The molecule has 0 aromatic carbocycles. The van der Waals surface area contributed by atoms with Gasteiger partial charge in [0, 0.05) is 17.8 Å². The lowest BCUT2D eigenvalue weighted by molar-refractivity contribution is -0.120. The molecule has 1 saturated heterocycles. The molecule has 2 fully saturated rings. The van der Waals surface area contributed by atoms with E-state index in [1.807, 2.05) is 13.8 Å². The summed E-state index contributed by atoms with van der Waals surface area (Å²) in [5.41, 5.74) is 0. The summed E-state index contributed by atoms with van der Waals surface area (Å²) >= 11 is 1.77. The summed E-state index contributed by atoms with van der Waals surface area (Å²) in [5.74, 6) is 1.96. The van der Waals surface area contributed by atoms with Crippen LogP contribution in [-0.2, 0) is 4.79 Å². The molecule has 0 bridgehead atoms. The van der Waals surface area contributed by atoms with E-state index < -0.39 is 0 Å². The van der Waals surface area contributed by atoms with Crippen LogP contribution < -0.4 is 10.6 Å². The number of nitrogens with one attached hydrogen (secondary N) is 2. The fourth-order valence-corrected chi connectivity index (χ4v) is 3.75. The highest BCUT2D eigenvalue weighted by Gasteiger charge is 2.30. The largest absolute Gasteiger partial charge is 0.362 e. The van der Waals surface area contributed by atoms with Crippen molar-refractivity contribution in [1.82, 2.24) is 10.6 Å². The number of amidine groups is 1. The minimum atomic E-state index is 0.00525. The summed E-state index contributed by atoms with van der Waals surface area (Å²) in [6.45, 7) is 4.17. The number of carbonyl (C=O) groups excluding carboxylic acids is 1. The maximum atomic E-state index is 11.5. The Hall–Kier alpha value is -0.710. The molecule has 0 aromatic rings. The van der Waals surface area contributed by atoms with Gasteiger partial charge in [-0.2, -0.15) is 0 Å². The number of fused-ring (bicyclic) bond motifs is 1. The summed E-state index contributed by atoms with van der Waals surface area (Å²) in [7, 11) is 0. The van der Waals surface area contributed by atoms with Gasteiger partial charge in [-0.15, -0.1) is 0 Å². The van der Waals surface area contributed by atoms with Gasteiger partial charge >= 0.3 is 0 Å². The predicted octanol–water partition coefficient (Wildman–Crippen LogP) is 1.76. The molecular formula is C13H23N3OS. The molecule has 2 atom stereocenters. The minimum Gasteiger partial charge on any atom is -0.362 e. The van der Waals surface area contributed by atoms with Gasteiger partial charge in [0.25, 0.3) is 0 Å². The molecule has 0 radical (unpaired) electrons. The molecule has 2 unspecified atom stereocenters. The molecule has 1 aliphatic carbocycles. The summed E-state index contributed by atoms with van der Waals surface area (Å²) in [6.07, 6.45) is 5.28. The van der Waals surface area contributed by atoms with Crippen molar-refractivity contribution in [3.63, 3.8) is 0 Å². The zero-order valence-electron chi connectivity index (χ0n) is 11.2. The maximum Gasteiger partial charge on any atom is 0.241 e. The van der Waals surface area contributed by atoms with Gasteiger partial charge in [-0.1, -0.05) is 24.6 Å². The standard InChI is InChI=1S/C13H23N3OS/c1-9(2)15-12(17)7-14-13-16-11-6-4-3-5-10(11)8-18-13/h9-11H,3-8H2,1-2H3,(H,14,16)(H,15,17). The average Bonchev–Trinajstić information content (AvgIpc) is 2.35. The molecule has 2 rings (SSSR count). The third kappa shape index (κ3) is 3.90. The highest BCUT2D eigenvalue weighted by atomic mass is 32.2. The van der Waals surface area contributed by atoms with Crippen molar-refractivity contribution in [1.29, 1.82) is 0 Å². The van der Waals surface area contributed by atoms with E-state index in [0.29, 0.717) is 6.04 Å². The fraction of sp³-hybridized carbons (Fsp3) is 0.846. The molecule has 4 nitrogen and oxygen atoms in total. The molecule has 0 aromatic heterocycles. The Labute approximate surface area is 113 Å². The summed E-state index contributed by atoms with van der Waals surface area (Å²) in [5, 5.41) is 7.31. The highest BCUT2D eigenvalue weighted by molar-refractivity contribution is 8.13. The van der Waals surface area contributed by atoms with Crippen LogP contribution in [0.25, 0.3) is 0 Å². The van der Waals surface area contributed by atoms with Gasteiger partial charge in [0.1, 0.15) is 6.54 Å². The van der Waals surface area contributed by atoms with Crippen molar-refractivity contribution in [3.8, 4) is 0 Å². The normalized spacial score (nSPS) is 29.8. The van der Waals surface area contributed by atoms with Crippen molar-refractivity contribution in [2.45, 2.75) is 51.6 Å². The van der Waals surface area contributed by atoms with Crippen LogP contribution in [0.3, 0.4) is 0 Å². The number of hydrogen-bond acceptors (Lipinski definition) is 3. The molecule has 1 amide bonds. The maximum absolute atomic E-state index is 11.5. The van der Waals surface area contributed by atoms with Gasteiger partial charge in [0.2, 0.25) is 5.91 Å². The number of aliphatic imine (C=N–C) groups is 1. The number of carbonyl (C=O) groups is 1. The monoisotopic (exact) mass is 269 g/mol. The van der Waals surface area contributed by atoms with Crippen LogP contribution in [-0.4, -0.2) is 35.5 Å². The molecule has 18 heavy (non-hydrogen) atoms. The summed E-state index contributed by atoms with van der Waals surface area (Å²) < 4.78 is 0. The second-order valence-corrected chi connectivity index (χ2v) is 6.46. The molecule has 1 heterocycles. The first-order valence-corrected chi connectivity index (χ1v) is 7.87. The van der Waals surface area contributed by atoms with E-state index in [-0.39, 0.29) is 18.5 Å². The van der Waals surface area contributed by atoms with Gasteiger partial charge in [0.05, 0.1) is 0 Å². The Kier molecular flexibility index (Phi) is 4.92. The molecule has 1 aliphatic heterocycles. The van der Waals surface area contributed by atoms with Crippen molar-refractivity contribution in [2.75, 3.05) is 12.3 Å². The van der Waals surface area contributed by atoms with E-state index in [2.05, 4.69) is 15.6 Å². The van der Waals surface area contributed by atoms with Gasteiger partial charge in [0.15, 0.2) is 5.17 Å². The van der Waals surface area contributed by atoms with Crippen LogP contribution in [0.15, 0.2) is 4.99 Å². The van der Waals surface area contributed by atoms with Gasteiger partial charge in [-0.05, 0) is 32.6 Å². The van der Waals surface area contributed by atoms with E-state index in [0.717, 1.165) is 16.8 Å². The van der Waals surface area contributed by atoms with Crippen LogP contribution in [0.5, 0.6) is 0 Å². The van der Waals surface area contributed by atoms with Crippen molar-refractivity contribution in [3.05, 3.63) is 0 Å². The van der Waals surface area contributed by atoms with Gasteiger partial charge in [-0.3, -0.25) is 9.79 Å². The Morgan fingerprint density at radius 3 is 3.06 bits per heavy atom. The van der Waals surface area contributed by atoms with E-state index in [4.69, 9.17) is 0 Å². The Morgan fingerprint density at radius 2 is 2.28 bits per heavy atom. The number of nitrogens with zero attached hydrogens (tertiary/aromatic N) is 1. The molecule has 0 spiro atoms. The van der Waals surface area contributed by atoms with Crippen molar-refractivity contribution < 1.29 is 4.79 Å². The number of thioether (sulfide) groups is 1. The molecule has 102 valence electrons. The molecular weight excluding hydrogens is 246 g/mol. The van der Waals surface area contributed by atoms with Crippen LogP contribution >= 0.6 is 11.8 Å². The SMILES string of the molecule is CC(C)NC(=O)CN=C1NC2CCCCC2CS1. The predicted molar refractivity (Wildman–Crippen MR) is 76.9 cm³/mol. The van der Waals surface area contributed by atoms with E-state index in [9.17, 15) is 4.79 Å². The second kappa shape index (κ2) is 6.45.